The Morgan fingerprint density at radius 2 is 1.62 bits per heavy atom. The van der Waals surface area contributed by atoms with Crippen LogP contribution in [0.1, 0.15) is 11.1 Å². The average Bonchev–Trinajstić information content (AvgIpc) is 2.72. The maximum absolute atomic E-state index is 12.6. The van der Waals surface area contributed by atoms with Crippen molar-refractivity contribution in [3.8, 4) is 17.2 Å². The second-order valence-corrected chi connectivity index (χ2v) is 6.22. The van der Waals surface area contributed by atoms with Crippen molar-refractivity contribution in [2.45, 2.75) is 6.42 Å². The van der Waals surface area contributed by atoms with Gasteiger partial charge >= 0.3 is 11.9 Å². The summed E-state index contributed by atoms with van der Waals surface area (Å²) in [5.41, 5.74) is 1.39. The maximum atomic E-state index is 12.6. The molecular formula is C23H20O6. The van der Waals surface area contributed by atoms with Crippen molar-refractivity contribution in [3.63, 3.8) is 0 Å². The molecule has 3 rings (SSSR count). The number of hydrogen-bond acceptors (Lipinski definition) is 5. The molecule has 0 radical (unpaired) electrons. The van der Waals surface area contributed by atoms with E-state index in [-0.39, 0.29) is 23.7 Å². The van der Waals surface area contributed by atoms with Crippen molar-refractivity contribution in [1.82, 2.24) is 0 Å². The number of aliphatic carboxylic acids is 1. The Morgan fingerprint density at radius 1 is 0.966 bits per heavy atom. The Labute approximate surface area is 167 Å². The van der Waals surface area contributed by atoms with E-state index in [1.807, 2.05) is 42.5 Å². The van der Waals surface area contributed by atoms with Crippen molar-refractivity contribution in [1.29, 1.82) is 0 Å². The Hall–Kier alpha value is -3.80. The van der Waals surface area contributed by atoms with Gasteiger partial charge in [-0.25, -0.2) is 4.79 Å². The predicted octanol–water partition coefficient (Wildman–Crippen LogP) is 4.10. The van der Waals surface area contributed by atoms with Gasteiger partial charge in [-0.1, -0.05) is 42.5 Å². The summed E-state index contributed by atoms with van der Waals surface area (Å²) in [5.74, 6) is -0.866. The largest absolute Gasteiger partial charge is 0.493 e. The summed E-state index contributed by atoms with van der Waals surface area (Å²) in [6.07, 6.45) is 2.48. The highest BCUT2D eigenvalue weighted by atomic mass is 16.6. The molecule has 29 heavy (non-hydrogen) atoms. The van der Waals surface area contributed by atoms with E-state index in [4.69, 9.17) is 19.3 Å². The lowest BCUT2D eigenvalue weighted by Crippen LogP contribution is -2.13. The van der Waals surface area contributed by atoms with Crippen molar-refractivity contribution in [2.75, 3.05) is 14.2 Å². The molecule has 0 saturated heterocycles. The number of hydrogen-bond donors (Lipinski definition) is 1. The van der Waals surface area contributed by atoms with E-state index < -0.39 is 11.9 Å². The van der Waals surface area contributed by atoms with Crippen LogP contribution in [0.3, 0.4) is 0 Å². The molecule has 0 saturated carbocycles. The van der Waals surface area contributed by atoms with Gasteiger partial charge in [0.25, 0.3) is 0 Å². The minimum absolute atomic E-state index is 0.0777. The highest BCUT2D eigenvalue weighted by Gasteiger charge is 2.18. The first-order valence-corrected chi connectivity index (χ1v) is 8.86. The average molecular weight is 392 g/mol. The van der Waals surface area contributed by atoms with E-state index >= 15 is 0 Å². The number of carboxylic acids is 1. The molecule has 0 spiro atoms. The zero-order valence-electron chi connectivity index (χ0n) is 16.0. The smallest absolute Gasteiger partial charge is 0.328 e. The molecule has 0 amide bonds. The molecule has 0 fully saturated rings. The lowest BCUT2D eigenvalue weighted by molar-refractivity contribution is -0.134. The number of benzene rings is 3. The van der Waals surface area contributed by atoms with Gasteiger partial charge in [0.15, 0.2) is 11.5 Å². The molecule has 0 aliphatic carbocycles. The molecule has 0 aliphatic rings. The molecule has 0 unspecified atom stereocenters. The number of methoxy groups -OCH3 is 2. The van der Waals surface area contributed by atoms with E-state index in [9.17, 15) is 9.59 Å². The fourth-order valence-corrected chi connectivity index (χ4v) is 3.02. The topological polar surface area (TPSA) is 82.1 Å². The number of carbonyl (C=O) groups is 2. The molecule has 0 bridgehead atoms. The van der Waals surface area contributed by atoms with Gasteiger partial charge in [0, 0.05) is 6.08 Å². The Balaban J connectivity index is 1.88. The lowest BCUT2D eigenvalue weighted by atomic mass is 10.0. The minimum atomic E-state index is -1.08. The van der Waals surface area contributed by atoms with Gasteiger partial charge in [0.05, 0.1) is 20.6 Å². The third-order valence-corrected chi connectivity index (χ3v) is 4.33. The van der Waals surface area contributed by atoms with Crippen LogP contribution >= 0.6 is 0 Å². The quantitative estimate of drug-likeness (QED) is 0.370. The normalized spacial score (nSPS) is 10.8. The van der Waals surface area contributed by atoms with Crippen LogP contribution in [0.15, 0.2) is 60.7 Å². The summed E-state index contributed by atoms with van der Waals surface area (Å²) in [6, 6.07) is 16.7. The van der Waals surface area contributed by atoms with Crippen LogP contribution in [0.25, 0.3) is 16.8 Å². The van der Waals surface area contributed by atoms with Crippen LogP contribution in [0, 0.1) is 0 Å². The van der Waals surface area contributed by atoms with Crippen LogP contribution in [0.4, 0.5) is 0 Å². The maximum Gasteiger partial charge on any atom is 0.328 e. The molecule has 0 aromatic heterocycles. The van der Waals surface area contributed by atoms with Crippen LogP contribution in [0.2, 0.25) is 0 Å². The summed E-state index contributed by atoms with van der Waals surface area (Å²) in [4.78, 5) is 23.4. The van der Waals surface area contributed by atoms with Gasteiger partial charge in [-0.05, 0) is 40.1 Å². The van der Waals surface area contributed by atoms with Crippen LogP contribution < -0.4 is 14.2 Å². The highest BCUT2D eigenvalue weighted by molar-refractivity contribution is 5.90. The predicted molar refractivity (Wildman–Crippen MR) is 110 cm³/mol. The zero-order chi connectivity index (χ0) is 20.8. The first-order chi connectivity index (χ1) is 14.0. The molecule has 1 N–H and O–H groups in total. The van der Waals surface area contributed by atoms with Crippen LogP contribution in [0.5, 0.6) is 17.2 Å². The fraction of sp³-hybridized carbons (Fsp3) is 0.130. The van der Waals surface area contributed by atoms with Gasteiger partial charge < -0.3 is 19.3 Å². The van der Waals surface area contributed by atoms with E-state index in [2.05, 4.69) is 0 Å². The molecule has 0 aliphatic heterocycles. The summed E-state index contributed by atoms with van der Waals surface area (Å²) in [6.45, 7) is 0. The van der Waals surface area contributed by atoms with Gasteiger partial charge in [-0.15, -0.1) is 0 Å². The third-order valence-electron chi connectivity index (χ3n) is 4.33. The molecule has 3 aromatic carbocycles. The number of esters is 1. The Morgan fingerprint density at radius 3 is 2.28 bits per heavy atom. The van der Waals surface area contributed by atoms with Gasteiger partial charge in [0.1, 0.15) is 0 Å². The van der Waals surface area contributed by atoms with Crippen molar-refractivity contribution < 1.29 is 28.9 Å². The van der Waals surface area contributed by atoms with Crippen molar-refractivity contribution in [2.24, 2.45) is 0 Å². The molecule has 6 nitrogen and oxygen atoms in total. The number of fused-ring (bicyclic) bond motifs is 1. The molecule has 6 heteroatoms. The summed E-state index contributed by atoms with van der Waals surface area (Å²) < 4.78 is 16.2. The number of carbonyl (C=O) groups excluding carboxylic acids is 1. The Bertz CT molecular complexity index is 1050. The lowest BCUT2D eigenvalue weighted by Gasteiger charge is -2.14. The van der Waals surface area contributed by atoms with E-state index in [0.29, 0.717) is 5.56 Å². The SMILES string of the molecule is COc1cc(/C=C/C(=O)O)cc(OC)c1OC(=O)Cc1cccc2ccccc12. The summed E-state index contributed by atoms with van der Waals surface area (Å²) in [5, 5.41) is 10.8. The van der Waals surface area contributed by atoms with Gasteiger partial charge in [-0.2, -0.15) is 0 Å². The summed E-state index contributed by atoms with van der Waals surface area (Å²) in [7, 11) is 2.86. The van der Waals surface area contributed by atoms with Crippen LogP contribution in [-0.4, -0.2) is 31.3 Å². The van der Waals surface area contributed by atoms with Gasteiger partial charge in [-0.3, -0.25) is 4.79 Å². The van der Waals surface area contributed by atoms with E-state index in [1.165, 1.54) is 20.3 Å². The summed E-state index contributed by atoms with van der Waals surface area (Å²) >= 11 is 0. The zero-order valence-corrected chi connectivity index (χ0v) is 16.0. The molecule has 148 valence electrons. The molecular weight excluding hydrogens is 372 g/mol. The van der Waals surface area contributed by atoms with Crippen molar-refractivity contribution >= 4 is 28.8 Å². The Kier molecular flexibility index (Phi) is 6.14. The minimum Gasteiger partial charge on any atom is -0.493 e. The monoisotopic (exact) mass is 392 g/mol. The second-order valence-electron chi connectivity index (χ2n) is 6.22. The molecule has 3 aromatic rings. The van der Waals surface area contributed by atoms with E-state index in [0.717, 1.165) is 22.4 Å². The molecule has 0 atom stereocenters. The third kappa shape index (κ3) is 4.73. The number of ether oxygens (including phenoxy) is 3. The standard InChI is InChI=1S/C23H20O6/c1-27-19-12-15(10-11-21(24)25)13-20(28-2)23(19)29-22(26)14-17-8-5-7-16-6-3-4-9-18(16)17/h3-13H,14H2,1-2H3,(H,24,25)/b11-10+. The van der Waals surface area contributed by atoms with Crippen molar-refractivity contribution in [3.05, 3.63) is 71.8 Å². The first kappa shape index (κ1) is 19.9. The number of rotatable bonds is 7. The highest BCUT2D eigenvalue weighted by Crippen LogP contribution is 2.39. The number of carboxylic acid groups (broad SMARTS) is 1. The van der Waals surface area contributed by atoms with Crippen LogP contribution in [-0.2, 0) is 16.0 Å². The second kappa shape index (κ2) is 8.93. The molecule has 0 heterocycles. The first-order valence-electron chi connectivity index (χ1n) is 8.86. The fourth-order valence-electron chi connectivity index (χ4n) is 3.02. The van der Waals surface area contributed by atoms with Gasteiger partial charge in [0.2, 0.25) is 5.75 Å². The van der Waals surface area contributed by atoms with E-state index in [1.54, 1.807) is 12.1 Å².